The van der Waals surface area contributed by atoms with Gasteiger partial charge in [-0.05, 0) is 51.0 Å². The molecule has 8 heteroatoms. The highest BCUT2D eigenvalue weighted by molar-refractivity contribution is 8.01. The molecule has 1 N–H and O–H groups in total. The van der Waals surface area contributed by atoms with E-state index in [0.29, 0.717) is 17.8 Å². The van der Waals surface area contributed by atoms with Crippen molar-refractivity contribution < 1.29 is 4.79 Å². The predicted molar refractivity (Wildman–Crippen MR) is 107 cm³/mol. The lowest BCUT2D eigenvalue weighted by Crippen LogP contribution is -2.48. The second kappa shape index (κ2) is 9.00. The zero-order chi connectivity index (χ0) is 17.6. The van der Waals surface area contributed by atoms with Crippen LogP contribution in [0.2, 0.25) is 0 Å². The molecule has 3 heterocycles. The summed E-state index contributed by atoms with van der Waals surface area (Å²) in [6.45, 7) is 5.15. The quantitative estimate of drug-likeness (QED) is 0.713. The summed E-state index contributed by atoms with van der Waals surface area (Å²) in [6, 6.07) is 4.91. The highest BCUT2D eigenvalue weighted by Crippen LogP contribution is 2.28. The fourth-order valence-electron chi connectivity index (χ4n) is 3.20. The number of carbonyl (C=O) groups is 1. The Bertz CT molecular complexity index is 663. The molecular weight excluding hydrogens is 372 g/mol. The molecule has 0 spiro atoms. The molecule has 1 aliphatic rings. The number of amides is 1. The molecule has 1 fully saturated rings. The number of carbonyl (C=O) groups excluding carboxylic acids is 1. The standard InChI is InChI=1S/C17H24N4OS3/c1-12-5-3-6-13(2)21(12)15(22)11-24-17-20-19-16(25-17)18-9-8-14-7-4-10-23-14/h4,7,10,12-13H,3,5-6,8-9,11H2,1-2H3,(H,18,19). The van der Waals surface area contributed by atoms with Gasteiger partial charge in [-0.25, -0.2) is 0 Å². The average molecular weight is 397 g/mol. The zero-order valence-electron chi connectivity index (χ0n) is 14.6. The van der Waals surface area contributed by atoms with Gasteiger partial charge >= 0.3 is 0 Å². The van der Waals surface area contributed by atoms with Crippen LogP contribution in [0.1, 0.15) is 38.0 Å². The van der Waals surface area contributed by atoms with Crippen LogP contribution in [-0.4, -0.2) is 45.4 Å². The minimum Gasteiger partial charge on any atom is -0.360 e. The monoisotopic (exact) mass is 396 g/mol. The minimum absolute atomic E-state index is 0.215. The first kappa shape index (κ1) is 18.7. The van der Waals surface area contributed by atoms with Crippen LogP contribution in [0.5, 0.6) is 0 Å². The fraction of sp³-hybridized carbons (Fsp3) is 0.588. The molecular formula is C17H24N4OS3. The Hall–Kier alpha value is -1.12. The van der Waals surface area contributed by atoms with Crippen molar-refractivity contribution in [1.29, 1.82) is 0 Å². The number of aromatic nitrogens is 2. The van der Waals surface area contributed by atoms with E-state index in [1.54, 1.807) is 11.3 Å². The van der Waals surface area contributed by atoms with E-state index >= 15 is 0 Å². The highest BCUT2D eigenvalue weighted by atomic mass is 32.2. The Kier molecular flexibility index (Phi) is 6.72. The lowest BCUT2D eigenvalue weighted by Gasteiger charge is -2.39. The van der Waals surface area contributed by atoms with E-state index in [0.717, 1.165) is 35.3 Å². The topological polar surface area (TPSA) is 58.1 Å². The van der Waals surface area contributed by atoms with Crippen molar-refractivity contribution in [2.75, 3.05) is 17.6 Å². The molecule has 0 saturated carbocycles. The number of hydrogen-bond acceptors (Lipinski definition) is 7. The van der Waals surface area contributed by atoms with Crippen molar-refractivity contribution in [1.82, 2.24) is 15.1 Å². The summed E-state index contributed by atoms with van der Waals surface area (Å²) in [5.74, 6) is 0.658. The van der Waals surface area contributed by atoms with E-state index in [1.807, 2.05) is 0 Å². The van der Waals surface area contributed by atoms with E-state index < -0.39 is 0 Å². The Morgan fingerprint density at radius 3 is 2.88 bits per heavy atom. The smallest absolute Gasteiger partial charge is 0.233 e. The van der Waals surface area contributed by atoms with E-state index in [9.17, 15) is 4.79 Å². The average Bonchev–Trinajstić information content (AvgIpc) is 3.25. The Labute approximate surface area is 161 Å². The van der Waals surface area contributed by atoms with Gasteiger partial charge in [-0.1, -0.05) is 29.2 Å². The number of likely N-dealkylation sites (tertiary alicyclic amines) is 1. The molecule has 1 amide bonds. The molecule has 0 aliphatic carbocycles. The largest absolute Gasteiger partial charge is 0.360 e. The molecule has 2 aromatic rings. The van der Waals surface area contributed by atoms with Gasteiger partial charge in [0.05, 0.1) is 5.75 Å². The summed E-state index contributed by atoms with van der Waals surface area (Å²) in [7, 11) is 0. The van der Waals surface area contributed by atoms with Crippen LogP contribution >= 0.6 is 34.4 Å². The third-order valence-electron chi connectivity index (χ3n) is 4.43. The van der Waals surface area contributed by atoms with Gasteiger partial charge in [0.1, 0.15) is 0 Å². The van der Waals surface area contributed by atoms with Gasteiger partial charge in [-0.15, -0.1) is 21.5 Å². The van der Waals surface area contributed by atoms with Crippen molar-refractivity contribution >= 4 is 45.5 Å². The molecule has 25 heavy (non-hydrogen) atoms. The van der Waals surface area contributed by atoms with Gasteiger partial charge < -0.3 is 10.2 Å². The number of thiophene rings is 1. The molecule has 0 aromatic carbocycles. The van der Waals surface area contributed by atoms with Gasteiger partial charge in [0.25, 0.3) is 0 Å². The van der Waals surface area contributed by atoms with E-state index in [1.165, 1.54) is 34.4 Å². The van der Waals surface area contributed by atoms with Gasteiger partial charge in [0, 0.05) is 23.5 Å². The molecule has 1 aliphatic heterocycles. The zero-order valence-corrected chi connectivity index (χ0v) is 17.1. The molecule has 2 atom stereocenters. The molecule has 5 nitrogen and oxygen atoms in total. The molecule has 3 rings (SSSR count). The van der Waals surface area contributed by atoms with Crippen LogP contribution < -0.4 is 5.32 Å². The molecule has 0 bridgehead atoms. The second-order valence-electron chi connectivity index (χ2n) is 6.35. The summed E-state index contributed by atoms with van der Waals surface area (Å²) in [6.07, 6.45) is 4.43. The van der Waals surface area contributed by atoms with Gasteiger partial charge in [-0.3, -0.25) is 4.79 Å². The molecule has 1 saturated heterocycles. The van der Waals surface area contributed by atoms with Gasteiger partial charge in [-0.2, -0.15) is 0 Å². The van der Waals surface area contributed by atoms with Crippen molar-refractivity contribution in [3.63, 3.8) is 0 Å². The summed E-state index contributed by atoms with van der Waals surface area (Å²) >= 11 is 4.79. The van der Waals surface area contributed by atoms with Crippen molar-refractivity contribution in [3.8, 4) is 0 Å². The van der Waals surface area contributed by atoms with Crippen LogP contribution in [0.4, 0.5) is 5.13 Å². The molecule has 0 radical (unpaired) electrons. The predicted octanol–water partition coefficient (Wildman–Crippen LogP) is 4.14. The van der Waals surface area contributed by atoms with Crippen molar-refractivity contribution in [2.24, 2.45) is 0 Å². The van der Waals surface area contributed by atoms with E-state index in [-0.39, 0.29) is 5.91 Å². The van der Waals surface area contributed by atoms with Crippen LogP contribution in [0, 0.1) is 0 Å². The van der Waals surface area contributed by atoms with Gasteiger partial charge in [0.2, 0.25) is 11.0 Å². The summed E-state index contributed by atoms with van der Waals surface area (Å²) < 4.78 is 0.851. The first-order chi connectivity index (χ1) is 12.1. The molecule has 2 unspecified atom stereocenters. The van der Waals surface area contributed by atoms with Crippen LogP contribution in [0.25, 0.3) is 0 Å². The van der Waals surface area contributed by atoms with Crippen LogP contribution in [0.15, 0.2) is 21.9 Å². The second-order valence-corrected chi connectivity index (χ2v) is 9.58. The summed E-state index contributed by atoms with van der Waals surface area (Å²) in [5, 5.41) is 14.6. The van der Waals surface area contributed by atoms with Gasteiger partial charge in [0.15, 0.2) is 4.34 Å². The highest BCUT2D eigenvalue weighted by Gasteiger charge is 2.28. The first-order valence-corrected chi connectivity index (χ1v) is 11.4. The van der Waals surface area contributed by atoms with Crippen LogP contribution in [0.3, 0.4) is 0 Å². The number of nitrogens with zero attached hydrogens (tertiary/aromatic N) is 3. The maximum atomic E-state index is 12.5. The van der Waals surface area contributed by atoms with E-state index in [2.05, 4.69) is 51.8 Å². The fourth-order valence-corrected chi connectivity index (χ4v) is 5.55. The third-order valence-corrected chi connectivity index (χ3v) is 7.37. The number of thioether (sulfide) groups is 1. The Morgan fingerprint density at radius 2 is 2.16 bits per heavy atom. The molecule has 136 valence electrons. The molecule has 2 aromatic heterocycles. The number of nitrogens with one attached hydrogen (secondary N) is 1. The maximum Gasteiger partial charge on any atom is 0.233 e. The summed E-state index contributed by atoms with van der Waals surface area (Å²) in [4.78, 5) is 16.0. The first-order valence-electron chi connectivity index (χ1n) is 8.67. The SMILES string of the molecule is CC1CCCC(C)N1C(=O)CSc1nnc(NCCc2cccs2)s1. The number of anilines is 1. The summed E-state index contributed by atoms with van der Waals surface area (Å²) in [5.41, 5.74) is 0. The maximum absolute atomic E-state index is 12.5. The third kappa shape index (κ3) is 5.18. The van der Waals surface area contributed by atoms with Crippen molar-refractivity contribution in [2.45, 2.75) is 56.0 Å². The number of rotatable bonds is 7. The normalized spacial score (nSPS) is 20.6. The minimum atomic E-state index is 0.215. The number of piperidine rings is 1. The van der Waals surface area contributed by atoms with Crippen molar-refractivity contribution in [3.05, 3.63) is 22.4 Å². The lowest BCUT2D eigenvalue weighted by molar-refractivity contribution is -0.134. The Balaban J connectivity index is 1.44. The lowest BCUT2D eigenvalue weighted by atomic mass is 9.98. The number of hydrogen-bond donors (Lipinski definition) is 1. The Morgan fingerprint density at radius 1 is 1.36 bits per heavy atom. The van der Waals surface area contributed by atoms with Crippen LogP contribution in [-0.2, 0) is 11.2 Å². The van der Waals surface area contributed by atoms with E-state index in [4.69, 9.17) is 0 Å².